The molecule has 1 amide bonds. The van der Waals surface area contributed by atoms with Crippen LogP contribution in [0.1, 0.15) is 48.9 Å². The maximum Gasteiger partial charge on any atom is 0.223 e. The standard InChI is InChI=1S/C18H28N2O/c1-5-17(16-7-6-13(2)14(3)12-16)19-18(21)15-8-10-20(4)11-9-15/h6-7,12,15,17H,5,8-11H2,1-4H3,(H,19,21)/t17-/m0/s1. The Morgan fingerprint density at radius 2 is 1.95 bits per heavy atom. The van der Waals surface area contributed by atoms with E-state index in [2.05, 4.69) is 56.2 Å². The summed E-state index contributed by atoms with van der Waals surface area (Å²) < 4.78 is 0. The van der Waals surface area contributed by atoms with Gasteiger partial charge in [-0.25, -0.2) is 0 Å². The highest BCUT2D eigenvalue weighted by Crippen LogP contribution is 2.22. The summed E-state index contributed by atoms with van der Waals surface area (Å²) in [5, 5.41) is 3.26. The number of piperidine rings is 1. The minimum atomic E-state index is 0.136. The van der Waals surface area contributed by atoms with Crippen LogP contribution >= 0.6 is 0 Å². The molecule has 1 fully saturated rings. The highest BCUT2D eigenvalue weighted by molar-refractivity contribution is 5.79. The zero-order valence-electron chi connectivity index (χ0n) is 13.8. The summed E-state index contributed by atoms with van der Waals surface area (Å²) in [6.07, 6.45) is 2.89. The largest absolute Gasteiger partial charge is 0.349 e. The van der Waals surface area contributed by atoms with Crippen LogP contribution in [0.5, 0.6) is 0 Å². The van der Waals surface area contributed by atoms with E-state index in [1.54, 1.807) is 0 Å². The number of nitrogens with zero attached hydrogens (tertiary/aromatic N) is 1. The molecule has 1 N–H and O–H groups in total. The summed E-state index contributed by atoms with van der Waals surface area (Å²) in [5.74, 6) is 0.412. The fourth-order valence-electron chi connectivity index (χ4n) is 2.96. The van der Waals surface area contributed by atoms with Crippen molar-refractivity contribution in [1.82, 2.24) is 10.2 Å². The molecular formula is C18H28N2O. The molecule has 1 saturated heterocycles. The smallest absolute Gasteiger partial charge is 0.223 e. The van der Waals surface area contributed by atoms with Crippen molar-refractivity contribution in [2.24, 2.45) is 5.92 Å². The molecule has 0 aromatic heterocycles. The van der Waals surface area contributed by atoms with Crippen LogP contribution < -0.4 is 5.32 Å². The number of hydrogen-bond acceptors (Lipinski definition) is 2. The van der Waals surface area contributed by atoms with Crippen LogP contribution in [0.2, 0.25) is 0 Å². The van der Waals surface area contributed by atoms with Gasteiger partial charge in [0, 0.05) is 5.92 Å². The number of hydrogen-bond donors (Lipinski definition) is 1. The first-order valence-corrected chi connectivity index (χ1v) is 8.07. The van der Waals surface area contributed by atoms with Crippen LogP contribution in [0, 0.1) is 19.8 Å². The van der Waals surface area contributed by atoms with Gasteiger partial charge in [-0.1, -0.05) is 25.1 Å². The number of rotatable bonds is 4. The zero-order valence-corrected chi connectivity index (χ0v) is 13.8. The Bertz CT molecular complexity index is 490. The van der Waals surface area contributed by atoms with Gasteiger partial charge in [0.05, 0.1) is 6.04 Å². The van der Waals surface area contributed by atoms with E-state index in [1.807, 2.05) is 0 Å². The molecular weight excluding hydrogens is 260 g/mol. The normalized spacial score (nSPS) is 18.5. The molecule has 3 nitrogen and oxygen atoms in total. The van der Waals surface area contributed by atoms with E-state index in [0.717, 1.165) is 32.4 Å². The molecule has 0 unspecified atom stereocenters. The van der Waals surface area contributed by atoms with Crippen molar-refractivity contribution in [3.05, 3.63) is 34.9 Å². The molecule has 0 bridgehead atoms. The molecule has 1 aromatic rings. The van der Waals surface area contributed by atoms with Crippen molar-refractivity contribution < 1.29 is 4.79 Å². The van der Waals surface area contributed by atoms with E-state index in [1.165, 1.54) is 16.7 Å². The van der Waals surface area contributed by atoms with Gasteiger partial charge in [0.25, 0.3) is 0 Å². The number of amides is 1. The van der Waals surface area contributed by atoms with Gasteiger partial charge in [0.1, 0.15) is 0 Å². The second kappa shape index (κ2) is 7.08. The lowest BCUT2D eigenvalue weighted by atomic mass is 9.94. The highest BCUT2D eigenvalue weighted by Gasteiger charge is 2.25. The van der Waals surface area contributed by atoms with E-state index < -0.39 is 0 Å². The Morgan fingerprint density at radius 1 is 1.29 bits per heavy atom. The van der Waals surface area contributed by atoms with Crippen LogP contribution in [-0.4, -0.2) is 30.9 Å². The van der Waals surface area contributed by atoms with E-state index in [9.17, 15) is 4.79 Å². The average molecular weight is 288 g/mol. The molecule has 0 aliphatic carbocycles. The van der Waals surface area contributed by atoms with Gasteiger partial charge in [-0.3, -0.25) is 4.79 Å². The number of carbonyl (C=O) groups excluding carboxylic acids is 1. The van der Waals surface area contributed by atoms with E-state index in [-0.39, 0.29) is 17.9 Å². The van der Waals surface area contributed by atoms with Crippen molar-refractivity contribution in [3.8, 4) is 0 Å². The molecule has 1 aliphatic heterocycles. The summed E-state index contributed by atoms with van der Waals surface area (Å²) >= 11 is 0. The summed E-state index contributed by atoms with van der Waals surface area (Å²) in [6.45, 7) is 8.44. The van der Waals surface area contributed by atoms with Gasteiger partial charge >= 0.3 is 0 Å². The van der Waals surface area contributed by atoms with Gasteiger partial charge in [-0.15, -0.1) is 0 Å². The Hall–Kier alpha value is -1.35. The summed E-state index contributed by atoms with van der Waals surface area (Å²) in [4.78, 5) is 14.8. The van der Waals surface area contributed by atoms with Crippen LogP contribution in [0.3, 0.4) is 0 Å². The molecule has 116 valence electrons. The van der Waals surface area contributed by atoms with Crippen LogP contribution in [-0.2, 0) is 4.79 Å². The van der Waals surface area contributed by atoms with Crippen molar-refractivity contribution in [3.63, 3.8) is 0 Å². The Balaban J connectivity index is 2.01. The van der Waals surface area contributed by atoms with Gasteiger partial charge in [-0.05, 0) is 69.9 Å². The summed E-state index contributed by atoms with van der Waals surface area (Å²) in [7, 11) is 2.12. The Kier molecular flexibility index (Phi) is 5.40. The Morgan fingerprint density at radius 3 is 2.52 bits per heavy atom. The lowest BCUT2D eigenvalue weighted by Crippen LogP contribution is -2.40. The van der Waals surface area contributed by atoms with Gasteiger partial charge in [-0.2, -0.15) is 0 Å². The van der Waals surface area contributed by atoms with Crippen LogP contribution in [0.25, 0.3) is 0 Å². The van der Waals surface area contributed by atoms with E-state index in [4.69, 9.17) is 0 Å². The summed E-state index contributed by atoms with van der Waals surface area (Å²) in [5.41, 5.74) is 3.82. The molecule has 1 atom stereocenters. The monoisotopic (exact) mass is 288 g/mol. The molecule has 0 saturated carbocycles. The number of aryl methyl sites for hydroxylation is 2. The van der Waals surface area contributed by atoms with Crippen molar-refractivity contribution in [2.45, 2.75) is 46.1 Å². The number of carbonyl (C=O) groups is 1. The van der Waals surface area contributed by atoms with Gasteiger partial charge in [0.2, 0.25) is 5.91 Å². The average Bonchev–Trinajstić information content (AvgIpc) is 2.48. The number of benzene rings is 1. The number of likely N-dealkylation sites (tertiary alicyclic amines) is 1. The topological polar surface area (TPSA) is 32.3 Å². The molecule has 21 heavy (non-hydrogen) atoms. The molecule has 2 rings (SSSR count). The highest BCUT2D eigenvalue weighted by atomic mass is 16.1. The third-order valence-electron chi connectivity index (χ3n) is 4.75. The minimum Gasteiger partial charge on any atom is -0.349 e. The third kappa shape index (κ3) is 4.07. The third-order valence-corrected chi connectivity index (χ3v) is 4.75. The van der Waals surface area contributed by atoms with Crippen molar-refractivity contribution in [1.29, 1.82) is 0 Å². The fourth-order valence-corrected chi connectivity index (χ4v) is 2.96. The second-order valence-corrected chi connectivity index (χ2v) is 6.39. The molecule has 1 aliphatic rings. The predicted molar refractivity (Wildman–Crippen MR) is 87.3 cm³/mol. The van der Waals surface area contributed by atoms with E-state index in [0.29, 0.717) is 0 Å². The lowest BCUT2D eigenvalue weighted by Gasteiger charge is -2.29. The minimum absolute atomic E-state index is 0.136. The van der Waals surface area contributed by atoms with Gasteiger partial charge in [0.15, 0.2) is 0 Å². The lowest BCUT2D eigenvalue weighted by molar-refractivity contribution is -0.127. The maximum atomic E-state index is 12.5. The summed E-state index contributed by atoms with van der Waals surface area (Å²) in [6, 6.07) is 6.63. The van der Waals surface area contributed by atoms with Crippen LogP contribution in [0.15, 0.2) is 18.2 Å². The van der Waals surface area contributed by atoms with Crippen molar-refractivity contribution in [2.75, 3.05) is 20.1 Å². The first-order chi connectivity index (χ1) is 10.0. The first kappa shape index (κ1) is 16.0. The van der Waals surface area contributed by atoms with Crippen LogP contribution in [0.4, 0.5) is 0 Å². The van der Waals surface area contributed by atoms with Gasteiger partial charge < -0.3 is 10.2 Å². The fraction of sp³-hybridized carbons (Fsp3) is 0.611. The van der Waals surface area contributed by atoms with Crippen molar-refractivity contribution >= 4 is 5.91 Å². The second-order valence-electron chi connectivity index (χ2n) is 6.39. The SMILES string of the molecule is CC[C@H](NC(=O)C1CCN(C)CC1)c1ccc(C)c(C)c1. The number of nitrogens with one attached hydrogen (secondary N) is 1. The predicted octanol–water partition coefficient (Wildman–Crippen LogP) is 3.21. The Labute approximate surface area is 128 Å². The van der Waals surface area contributed by atoms with E-state index >= 15 is 0 Å². The molecule has 0 radical (unpaired) electrons. The first-order valence-electron chi connectivity index (χ1n) is 8.07. The molecule has 0 spiro atoms. The zero-order chi connectivity index (χ0) is 15.4. The molecule has 1 aromatic carbocycles. The quantitative estimate of drug-likeness (QED) is 0.922. The maximum absolute atomic E-state index is 12.5. The molecule has 3 heteroatoms. The molecule has 1 heterocycles.